The summed E-state index contributed by atoms with van der Waals surface area (Å²) in [4.78, 5) is 0. The number of alkyl halides is 6. The normalized spacial score (nSPS) is 16.4. The van der Waals surface area contributed by atoms with Gasteiger partial charge in [-0.1, -0.05) is 6.07 Å². The molecule has 0 aliphatic heterocycles. The van der Waals surface area contributed by atoms with E-state index in [0.29, 0.717) is 12.1 Å². The van der Waals surface area contributed by atoms with E-state index in [1.165, 1.54) is 0 Å². The van der Waals surface area contributed by atoms with Gasteiger partial charge in [0.1, 0.15) is 0 Å². The monoisotopic (exact) mass is 274 g/mol. The van der Waals surface area contributed by atoms with E-state index in [1.54, 1.807) is 0 Å². The molecule has 5 N–H and O–H groups in total. The van der Waals surface area contributed by atoms with Crippen LogP contribution in [0.2, 0.25) is 0 Å². The largest absolute Gasteiger partial charge is 0.455 e. The van der Waals surface area contributed by atoms with Gasteiger partial charge in [-0.3, -0.25) is 0 Å². The second-order valence-electron chi connectivity index (χ2n) is 3.54. The van der Waals surface area contributed by atoms with Gasteiger partial charge in [-0.05, 0) is 12.1 Å². The molecule has 1 atom stereocenters. The molecule has 1 aromatic rings. The lowest BCUT2D eigenvalue weighted by atomic mass is 9.99. The van der Waals surface area contributed by atoms with Gasteiger partial charge in [0.25, 0.3) is 0 Å². The van der Waals surface area contributed by atoms with Crippen molar-refractivity contribution in [1.29, 1.82) is 0 Å². The van der Waals surface area contributed by atoms with Crippen molar-refractivity contribution in [1.82, 2.24) is 0 Å². The van der Waals surface area contributed by atoms with Crippen molar-refractivity contribution in [3.05, 3.63) is 23.8 Å². The van der Waals surface area contributed by atoms with E-state index in [4.69, 9.17) is 16.6 Å². The van der Waals surface area contributed by atoms with Gasteiger partial charge in [-0.15, -0.1) is 0 Å². The van der Waals surface area contributed by atoms with Gasteiger partial charge in [0, 0.05) is 5.56 Å². The molecule has 102 valence electrons. The van der Waals surface area contributed by atoms with Crippen LogP contribution in [-0.4, -0.2) is 17.1 Å². The molecule has 1 aromatic carbocycles. The fourth-order valence-electron chi connectivity index (χ4n) is 1.14. The third-order valence-corrected chi connectivity index (χ3v) is 2.24. The van der Waals surface area contributed by atoms with Crippen molar-refractivity contribution in [3.63, 3.8) is 0 Å². The molecule has 0 aliphatic carbocycles. The van der Waals surface area contributed by atoms with Crippen LogP contribution in [-0.2, 0) is 5.92 Å². The Morgan fingerprint density at radius 2 is 1.39 bits per heavy atom. The van der Waals surface area contributed by atoms with Crippen LogP contribution < -0.4 is 11.5 Å². The van der Waals surface area contributed by atoms with E-state index < -0.39 is 29.2 Å². The summed E-state index contributed by atoms with van der Waals surface area (Å²) in [6.45, 7) is 0. The predicted molar refractivity (Wildman–Crippen MR) is 51.3 cm³/mol. The maximum Gasteiger partial charge on any atom is 0.455 e. The first-order valence-electron chi connectivity index (χ1n) is 4.42. The van der Waals surface area contributed by atoms with Gasteiger partial charge in [-0.25, -0.2) is 0 Å². The third kappa shape index (κ3) is 2.05. The molecule has 0 aliphatic rings. The van der Waals surface area contributed by atoms with Crippen LogP contribution in [0.3, 0.4) is 0 Å². The van der Waals surface area contributed by atoms with Gasteiger partial charge in [-0.2, -0.15) is 26.3 Å². The lowest BCUT2D eigenvalue weighted by Crippen LogP contribution is -2.53. The summed E-state index contributed by atoms with van der Waals surface area (Å²) in [6, 6.07) is 1.60. The standard InChI is InChI=1S/C9H8F6N2O/c10-7(11,8(12,18)9(13,14)15)4-1-2-5(16)6(17)3-4/h1-3,18H,16-17H2. The first kappa shape index (κ1) is 14.4. The second kappa shape index (κ2) is 3.94. The van der Waals surface area contributed by atoms with Crippen molar-refractivity contribution in [3.8, 4) is 0 Å². The summed E-state index contributed by atoms with van der Waals surface area (Å²) < 4.78 is 75.6. The molecule has 0 radical (unpaired) electrons. The minimum Gasteiger partial charge on any atom is -0.397 e. The molecule has 9 heteroatoms. The molecule has 0 heterocycles. The van der Waals surface area contributed by atoms with Crippen LogP contribution in [0, 0.1) is 0 Å². The van der Waals surface area contributed by atoms with Gasteiger partial charge in [0.15, 0.2) is 0 Å². The lowest BCUT2D eigenvalue weighted by molar-refractivity contribution is -0.390. The molecule has 0 bridgehead atoms. The second-order valence-corrected chi connectivity index (χ2v) is 3.54. The highest BCUT2D eigenvalue weighted by Gasteiger charge is 2.71. The van der Waals surface area contributed by atoms with Crippen molar-refractivity contribution in [2.75, 3.05) is 11.5 Å². The SMILES string of the molecule is Nc1ccc(C(F)(F)C(O)(F)C(F)(F)F)cc1N. The average molecular weight is 274 g/mol. The zero-order valence-electron chi connectivity index (χ0n) is 8.60. The summed E-state index contributed by atoms with van der Waals surface area (Å²) >= 11 is 0. The maximum absolute atomic E-state index is 13.3. The van der Waals surface area contributed by atoms with E-state index in [1.807, 2.05) is 0 Å². The lowest BCUT2D eigenvalue weighted by Gasteiger charge is -2.30. The molecule has 0 saturated carbocycles. The molecule has 0 aromatic heterocycles. The topological polar surface area (TPSA) is 72.3 Å². The quantitative estimate of drug-likeness (QED) is 0.571. The van der Waals surface area contributed by atoms with E-state index in [0.717, 1.165) is 6.07 Å². The summed E-state index contributed by atoms with van der Waals surface area (Å²) in [5.74, 6) is -10.9. The zero-order valence-corrected chi connectivity index (χ0v) is 8.60. The van der Waals surface area contributed by atoms with E-state index in [9.17, 15) is 26.3 Å². The molecular weight excluding hydrogens is 266 g/mol. The first-order valence-corrected chi connectivity index (χ1v) is 4.42. The van der Waals surface area contributed by atoms with Crippen molar-refractivity contribution < 1.29 is 31.4 Å². The third-order valence-electron chi connectivity index (χ3n) is 2.24. The fraction of sp³-hybridized carbons (Fsp3) is 0.333. The number of nitrogens with two attached hydrogens (primary N) is 2. The van der Waals surface area contributed by atoms with E-state index in [2.05, 4.69) is 0 Å². The van der Waals surface area contributed by atoms with Gasteiger partial charge in [0.2, 0.25) is 0 Å². The summed E-state index contributed by atoms with van der Waals surface area (Å²) in [5, 5.41) is 8.38. The molecule has 18 heavy (non-hydrogen) atoms. The Kier molecular flexibility index (Phi) is 3.16. The molecule has 0 saturated heterocycles. The number of anilines is 2. The average Bonchev–Trinajstić information content (AvgIpc) is 2.20. The Hall–Kier alpha value is -1.64. The number of nitrogen functional groups attached to an aromatic ring is 2. The summed E-state index contributed by atoms with van der Waals surface area (Å²) in [6.07, 6.45) is -6.16. The fourth-order valence-corrected chi connectivity index (χ4v) is 1.14. The number of hydrogen-bond acceptors (Lipinski definition) is 3. The summed E-state index contributed by atoms with van der Waals surface area (Å²) in [5.41, 5.74) is 8.25. The molecule has 0 amide bonds. The van der Waals surface area contributed by atoms with Crippen LogP contribution >= 0.6 is 0 Å². The van der Waals surface area contributed by atoms with Crippen LogP contribution in [0.5, 0.6) is 0 Å². The molecule has 0 fully saturated rings. The van der Waals surface area contributed by atoms with Crippen LogP contribution in [0.1, 0.15) is 5.56 Å². The predicted octanol–water partition coefficient (Wildman–Crippen LogP) is 2.16. The molecule has 3 nitrogen and oxygen atoms in total. The van der Waals surface area contributed by atoms with E-state index in [-0.39, 0.29) is 5.69 Å². The first-order chi connectivity index (χ1) is 7.91. The molecular formula is C9H8F6N2O. The maximum atomic E-state index is 13.3. The number of hydrogen-bond donors (Lipinski definition) is 3. The number of benzene rings is 1. The Morgan fingerprint density at radius 1 is 0.889 bits per heavy atom. The minimum atomic E-state index is -6.16. The Labute approximate surface area is 97.0 Å². The van der Waals surface area contributed by atoms with Crippen molar-refractivity contribution in [2.24, 2.45) is 0 Å². The number of halogens is 6. The molecule has 1 unspecified atom stereocenters. The number of aliphatic hydroxyl groups is 1. The minimum absolute atomic E-state index is 0.163. The van der Waals surface area contributed by atoms with Gasteiger partial charge >= 0.3 is 18.0 Å². The highest BCUT2D eigenvalue weighted by atomic mass is 19.4. The Morgan fingerprint density at radius 3 is 1.78 bits per heavy atom. The van der Waals surface area contributed by atoms with Crippen molar-refractivity contribution >= 4 is 11.4 Å². The molecule has 0 spiro atoms. The highest BCUT2D eigenvalue weighted by molar-refractivity contribution is 5.64. The van der Waals surface area contributed by atoms with E-state index >= 15 is 0 Å². The zero-order chi connectivity index (χ0) is 14.4. The number of rotatable bonds is 2. The smallest absolute Gasteiger partial charge is 0.397 e. The van der Waals surface area contributed by atoms with Crippen LogP contribution in [0.15, 0.2) is 18.2 Å². The van der Waals surface area contributed by atoms with Crippen LogP contribution in [0.4, 0.5) is 37.7 Å². The summed E-state index contributed by atoms with van der Waals surface area (Å²) in [7, 11) is 0. The van der Waals surface area contributed by atoms with Gasteiger partial charge < -0.3 is 16.6 Å². The van der Waals surface area contributed by atoms with Gasteiger partial charge in [0.05, 0.1) is 11.4 Å². The van der Waals surface area contributed by atoms with Crippen LogP contribution in [0.25, 0.3) is 0 Å². The Bertz CT molecular complexity index is 457. The Balaban J connectivity index is 3.33. The van der Waals surface area contributed by atoms with Crippen molar-refractivity contribution in [2.45, 2.75) is 18.0 Å². The molecule has 1 rings (SSSR count). The highest BCUT2D eigenvalue weighted by Crippen LogP contribution is 2.49.